The van der Waals surface area contributed by atoms with E-state index in [0.29, 0.717) is 23.0 Å². The molecule has 2 nitrogen and oxygen atoms in total. The van der Waals surface area contributed by atoms with E-state index in [4.69, 9.17) is 23.2 Å². The molecule has 1 amide bonds. The van der Waals surface area contributed by atoms with Crippen molar-refractivity contribution in [2.75, 3.05) is 11.4 Å². The number of benzene rings is 1. The van der Waals surface area contributed by atoms with E-state index in [1.165, 1.54) is 0 Å². The minimum Gasteiger partial charge on any atom is -0.310 e. The zero-order valence-corrected chi connectivity index (χ0v) is 11.1. The standard InChI is InChI=1S/C11H11Cl2NOS/c1-6-2-10(9(13)4-8(6)12)14-5-7(16)3-11(14)15/h2,4,7,16H,3,5H2,1H3. The normalized spacial score (nSPS) is 20.6. The maximum atomic E-state index is 11.7. The lowest BCUT2D eigenvalue weighted by Crippen LogP contribution is -2.25. The minimum atomic E-state index is 0.0589. The van der Waals surface area contributed by atoms with Crippen molar-refractivity contribution in [3.05, 3.63) is 27.7 Å². The van der Waals surface area contributed by atoms with Crippen LogP contribution in [-0.4, -0.2) is 17.7 Å². The van der Waals surface area contributed by atoms with Crippen LogP contribution in [0.5, 0.6) is 0 Å². The van der Waals surface area contributed by atoms with E-state index in [0.717, 1.165) is 11.3 Å². The first-order valence-corrected chi connectivity index (χ1v) is 6.20. The number of anilines is 1. The molecule has 0 aliphatic carbocycles. The quantitative estimate of drug-likeness (QED) is 0.780. The highest BCUT2D eigenvalue weighted by Gasteiger charge is 2.29. The summed E-state index contributed by atoms with van der Waals surface area (Å²) in [5, 5.41) is 1.20. The fourth-order valence-electron chi connectivity index (χ4n) is 1.77. The smallest absolute Gasteiger partial charge is 0.228 e. The Morgan fingerprint density at radius 2 is 2.06 bits per heavy atom. The van der Waals surface area contributed by atoms with Gasteiger partial charge in [-0.3, -0.25) is 4.79 Å². The van der Waals surface area contributed by atoms with Crippen molar-refractivity contribution in [1.82, 2.24) is 0 Å². The number of carbonyl (C=O) groups is 1. The Labute approximate surface area is 110 Å². The van der Waals surface area contributed by atoms with Gasteiger partial charge in [0, 0.05) is 23.2 Å². The molecule has 0 radical (unpaired) electrons. The van der Waals surface area contributed by atoms with Crippen molar-refractivity contribution in [3.63, 3.8) is 0 Å². The van der Waals surface area contributed by atoms with Crippen molar-refractivity contribution in [2.24, 2.45) is 0 Å². The summed E-state index contributed by atoms with van der Waals surface area (Å²) in [4.78, 5) is 13.4. The van der Waals surface area contributed by atoms with E-state index in [1.807, 2.05) is 13.0 Å². The molecule has 1 aliphatic rings. The fraction of sp³-hybridized carbons (Fsp3) is 0.364. The number of hydrogen-bond donors (Lipinski definition) is 1. The van der Waals surface area contributed by atoms with E-state index in [-0.39, 0.29) is 11.2 Å². The van der Waals surface area contributed by atoms with Crippen molar-refractivity contribution in [1.29, 1.82) is 0 Å². The lowest BCUT2D eigenvalue weighted by Gasteiger charge is -2.18. The van der Waals surface area contributed by atoms with E-state index in [9.17, 15) is 4.79 Å². The number of nitrogens with zero attached hydrogens (tertiary/aromatic N) is 1. The molecule has 1 aromatic carbocycles. The lowest BCUT2D eigenvalue weighted by molar-refractivity contribution is -0.117. The van der Waals surface area contributed by atoms with E-state index < -0.39 is 0 Å². The highest BCUT2D eigenvalue weighted by Crippen LogP contribution is 2.34. The Morgan fingerprint density at radius 1 is 1.38 bits per heavy atom. The van der Waals surface area contributed by atoms with Crippen LogP contribution >= 0.6 is 35.8 Å². The average molecular weight is 276 g/mol. The highest BCUT2D eigenvalue weighted by atomic mass is 35.5. The van der Waals surface area contributed by atoms with Gasteiger partial charge in [0.05, 0.1) is 10.7 Å². The van der Waals surface area contributed by atoms with Gasteiger partial charge >= 0.3 is 0 Å². The molecule has 2 rings (SSSR count). The van der Waals surface area contributed by atoms with Gasteiger partial charge in [0.15, 0.2) is 0 Å². The van der Waals surface area contributed by atoms with Crippen molar-refractivity contribution in [3.8, 4) is 0 Å². The van der Waals surface area contributed by atoms with E-state index >= 15 is 0 Å². The van der Waals surface area contributed by atoms with Crippen molar-refractivity contribution < 1.29 is 4.79 Å². The number of hydrogen-bond acceptors (Lipinski definition) is 2. The van der Waals surface area contributed by atoms with Crippen LogP contribution in [0.1, 0.15) is 12.0 Å². The third kappa shape index (κ3) is 2.17. The zero-order valence-electron chi connectivity index (χ0n) is 8.70. The monoisotopic (exact) mass is 275 g/mol. The van der Waals surface area contributed by atoms with Crippen molar-refractivity contribution in [2.45, 2.75) is 18.6 Å². The van der Waals surface area contributed by atoms with Crippen LogP contribution in [0.4, 0.5) is 5.69 Å². The van der Waals surface area contributed by atoms with Crippen LogP contribution < -0.4 is 4.90 Å². The number of halogens is 2. The molecular formula is C11H11Cl2NOS. The van der Waals surface area contributed by atoms with Gasteiger partial charge in [-0.1, -0.05) is 23.2 Å². The second kappa shape index (κ2) is 4.47. The minimum absolute atomic E-state index is 0.0589. The molecule has 86 valence electrons. The molecule has 1 saturated heterocycles. The van der Waals surface area contributed by atoms with E-state index in [1.54, 1.807) is 11.0 Å². The van der Waals surface area contributed by atoms with Crippen LogP contribution in [0.3, 0.4) is 0 Å². The third-order valence-electron chi connectivity index (χ3n) is 2.62. The largest absolute Gasteiger partial charge is 0.310 e. The highest BCUT2D eigenvalue weighted by molar-refractivity contribution is 7.81. The lowest BCUT2D eigenvalue weighted by atomic mass is 10.2. The van der Waals surface area contributed by atoms with Gasteiger partial charge < -0.3 is 4.90 Å². The predicted molar refractivity (Wildman–Crippen MR) is 70.9 cm³/mol. The first-order valence-electron chi connectivity index (χ1n) is 4.93. The number of rotatable bonds is 1. The molecule has 5 heteroatoms. The summed E-state index contributed by atoms with van der Waals surface area (Å²) in [6.45, 7) is 2.49. The zero-order chi connectivity index (χ0) is 11.9. The molecule has 1 aromatic rings. The summed E-state index contributed by atoms with van der Waals surface area (Å²) in [6, 6.07) is 3.52. The Balaban J connectivity index is 2.41. The maximum Gasteiger partial charge on any atom is 0.228 e. The number of aryl methyl sites for hydroxylation is 1. The molecule has 16 heavy (non-hydrogen) atoms. The topological polar surface area (TPSA) is 20.3 Å². The third-order valence-corrected chi connectivity index (χ3v) is 3.68. The van der Waals surface area contributed by atoms with Gasteiger partial charge in [0.2, 0.25) is 5.91 Å². The van der Waals surface area contributed by atoms with Crippen LogP contribution in [0.25, 0.3) is 0 Å². The summed E-state index contributed by atoms with van der Waals surface area (Å²) in [7, 11) is 0. The molecule has 1 unspecified atom stereocenters. The summed E-state index contributed by atoms with van der Waals surface area (Å²) in [5.41, 5.74) is 1.64. The molecule has 0 spiro atoms. The van der Waals surface area contributed by atoms with Crippen LogP contribution in [0.15, 0.2) is 12.1 Å². The van der Waals surface area contributed by atoms with Crippen LogP contribution in [-0.2, 0) is 4.79 Å². The molecule has 1 aliphatic heterocycles. The van der Waals surface area contributed by atoms with E-state index in [2.05, 4.69) is 12.6 Å². The first-order chi connectivity index (χ1) is 7.49. The average Bonchev–Trinajstić information content (AvgIpc) is 2.51. The van der Waals surface area contributed by atoms with Gasteiger partial charge in [-0.05, 0) is 24.6 Å². The molecule has 1 atom stereocenters. The second-order valence-electron chi connectivity index (χ2n) is 3.92. The maximum absolute atomic E-state index is 11.7. The molecule has 1 fully saturated rings. The SMILES string of the molecule is Cc1cc(N2CC(S)CC2=O)c(Cl)cc1Cl. The second-order valence-corrected chi connectivity index (χ2v) is 5.46. The fourth-order valence-corrected chi connectivity index (χ4v) is 2.58. The molecule has 0 N–H and O–H groups in total. The van der Waals surface area contributed by atoms with Gasteiger partial charge in [-0.2, -0.15) is 12.6 Å². The Bertz CT molecular complexity index is 450. The molecule has 1 heterocycles. The number of amides is 1. The summed E-state index contributed by atoms with van der Waals surface area (Å²) < 4.78 is 0. The summed E-state index contributed by atoms with van der Waals surface area (Å²) in [5.74, 6) is 0.0589. The Morgan fingerprint density at radius 3 is 2.62 bits per heavy atom. The Kier molecular flexibility index (Phi) is 3.38. The first kappa shape index (κ1) is 12.1. The molecule has 0 bridgehead atoms. The van der Waals surface area contributed by atoms with Gasteiger partial charge in [-0.15, -0.1) is 0 Å². The number of thiol groups is 1. The van der Waals surface area contributed by atoms with Gasteiger partial charge in [-0.25, -0.2) is 0 Å². The van der Waals surface area contributed by atoms with Gasteiger partial charge in [0.25, 0.3) is 0 Å². The van der Waals surface area contributed by atoms with Crippen LogP contribution in [0, 0.1) is 6.92 Å². The molecule has 0 saturated carbocycles. The molecule has 0 aromatic heterocycles. The summed E-state index contributed by atoms with van der Waals surface area (Å²) >= 11 is 16.4. The number of carbonyl (C=O) groups excluding carboxylic acids is 1. The predicted octanol–water partition coefficient (Wildman–Crippen LogP) is 3.34. The summed E-state index contributed by atoms with van der Waals surface area (Å²) in [6.07, 6.45) is 0.459. The van der Waals surface area contributed by atoms with Crippen LogP contribution in [0.2, 0.25) is 10.0 Å². The Hall–Kier alpha value is -0.380. The van der Waals surface area contributed by atoms with Gasteiger partial charge in [0.1, 0.15) is 0 Å². The molecular weight excluding hydrogens is 265 g/mol. The van der Waals surface area contributed by atoms with Crippen molar-refractivity contribution >= 4 is 47.4 Å².